The van der Waals surface area contributed by atoms with Gasteiger partial charge in [0.2, 0.25) is 5.91 Å². The second-order valence-corrected chi connectivity index (χ2v) is 1.69. The molecular weight excluding hydrogens is 152 g/mol. The molecule has 0 aliphatic rings. The van der Waals surface area contributed by atoms with E-state index in [9.17, 15) is 9.59 Å². The zero-order valence-electron chi connectivity index (χ0n) is 5.87. The summed E-state index contributed by atoms with van der Waals surface area (Å²) in [5.41, 5.74) is 4.93. The van der Waals surface area contributed by atoms with Crippen molar-refractivity contribution >= 4 is 11.9 Å². The first-order valence-corrected chi connectivity index (χ1v) is 2.93. The van der Waals surface area contributed by atoms with Crippen LogP contribution in [-0.4, -0.2) is 36.9 Å². The fourth-order valence-electron chi connectivity index (χ4n) is 0.342. The molecule has 6 heteroatoms. The third-order valence-electron chi connectivity index (χ3n) is 0.782. The van der Waals surface area contributed by atoms with Crippen LogP contribution in [0.5, 0.6) is 0 Å². The number of aliphatic carboxylic acids is 1. The van der Waals surface area contributed by atoms with Crippen molar-refractivity contribution in [1.82, 2.24) is 5.32 Å². The van der Waals surface area contributed by atoms with Gasteiger partial charge >= 0.3 is 5.97 Å². The van der Waals surface area contributed by atoms with E-state index in [1.54, 1.807) is 0 Å². The van der Waals surface area contributed by atoms with E-state index in [0.717, 1.165) is 0 Å². The molecule has 0 fully saturated rings. The van der Waals surface area contributed by atoms with E-state index in [-0.39, 0.29) is 19.2 Å². The highest BCUT2D eigenvalue weighted by molar-refractivity contribution is 5.77. The van der Waals surface area contributed by atoms with Crippen LogP contribution in [0.4, 0.5) is 0 Å². The van der Waals surface area contributed by atoms with Crippen molar-refractivity contribution in [2.24, 2.45) is 5.73 Å². The minimum atomic E-state index is -1.08. The van der Waals surface area contributed by atoms with Gasteiger partial charge in [0.1, 0.15) is 13.3 Å². The summed E-state index contributed by atoms with van der Waals surface area (Å²) in [6, 6.07) is 0. The van der Waals surface area contributed by atoms with Gasteiger partial charge < -0.3 is 20.9 Å². The molecule has 6 nitrogen and oxygen atoms in total. The molecule has 4 N–H and O–H groups in total. The van der Waals surface area contributed by atoms with Crippen molar-refractivity contribution in [3.05, 3.63) is 0 Å². The molecule has 0 unspecified atom stereocenters. The summed E-state index contributed by atoms with van der Waals surface area (Å²) in [4.78, 5) is 20.2. The van der Waals surface area contributed by atoms with Crippen molar-refractivity contribution < 1.29 is 19.4 Å². The Hall–Kier alpha value is -1.14. The lowest BCUT2D eigenvalue weighted by Crippen LogP contribution is -2.32. The first-order valence-electron chi connectivity index (χ1n) is 2.93. The predicted octanol–water partition coefficient (Wildman–Crippen LogP) is -1.88. The molecule has 0 atom stereocenters. The maximum Gasteiger partial charge on any atom is 0.329 e. The quantitative estimate of drug-likeness (QED) is 0.324. The normalized spacial score (nSPS) is 9.18. The molecule has 0 aromatic heterocycles. The molecule has 64 valence electrons. The van der Waals surface area contributed by atoms with E-state index in [1.165, 1.54) is 0 Å². The fourth-order valence-corrected chi connectivity index (χ4v) is 0.342. The number of ether oxygens (including phenoxy) is 1. The Labute approximate surface area is 63.3 Å². The van der Waals surface area contributed by atoms with Crippen molar-refractivity contribution in [2.75, 3.05) is 19.9 Å². The molecular formula is C5H10N2O4. The van der Waals surface area contributed by atoms with Gasteiger partial charge in [-0.2, -0.15) is 0 Å². The van der Waals surface area contributed by atoms with Crippen LogP contribution in [0.15, 0.2) is 0 Å². The van der Waals surface area contributed by atoms with Crippen LogP contribution in [0.1, 0.15) is 0 Å². The number of hydrogen-bond acceptors (Lipinski definition) is 4. The molecule has 0 aliphatic carbocycles. The second-order valence-electron chi connectivity index (χ2n) is 1.69. The first kappa shape index (κ1) is 9.86. The van der Waals surface area contributed by atoms with Crippen molar-refractivity contribution in [1.29, 1.82) is 0 Å². The highest BCUT2D eigenvalue weighted by atomic mass is 16.5. The third-order valence-corrected chi connectivity index (χ3v) is 0.782. The van der Waals surface area contributed by atoms with Crippen LogP contribution in [0, 0.1) is 0 Å². The van der Waals surface area contributed by atoms with Crippen molar-refractivity contribution in [3.63, 3.8) is 0 Å². The van der Waals surface area contributed by atoms with Gasteiger partial charge in [0.25, 0.3) is 0 Å². The molecule has 0 aromatic carbocycles. The van der Waals surface area contributed by atoms with Crippen LogP contribution in [0.3, 0.4) is 0 Å². The number of nitrogens with one attached hydrogen (secondary N) is 1. The average Bonchev–Trinajstić information content (AvgIpc) is 1.97. The summed E-state index contributed by atoms with van der Waals surface area (Å²) in [6.45, 7) is -0.677. The van der Waals surface area contributed by atoms with Crippen LogP contribution < -0.4 is 11.1 Å². The maximum atomic E-state index is 10.4. The van der Waals surface area contributed by atoms with Crippen LogP contribution in [0.2, 0.25) is 0 Å². The van der Waals surface area contributed by atoms with Crippen LogP contribution in [-0.2, 0) is 14.3 Å². The van der Waals surface area contributed by atoms with Crippen LogP contribution >= 0.6 is 0 Å². The Kier molecular flexibility index (Phi) is 5.05. The molecule has 0 saturated heterocycles. The number of rotatable bonds is 5. The number of carboxylic acid groups (broad SMARTS) is 1. The second kappa shape index (κ2) is 5.63. The predicted molar refractivity (Wildman–Crippen MR) is 35.7 cm³/mol. The van der Waals surface area contributed by atoms with E-state index in [4.69, 9.17) is 10.8 Å². The van der Waals surface area contributed by atoms with E-state index >= 15 is 0 Å². The number of hydrogen-bond donors (Lipinski definition) is 3. The number of carboxylic acids is 1. The van der Waals surface area contributed by atoms with Gasteiger partial charge in [-0.3, -0.25) is 4.79 Å². The highest BCUT2D eigenvalue weighted by Gasteiger charge is 1.97. The molecule has 0 radical (unpaired) electrons. The lowest BCUT2D eigenvalue weighted by molar-refractivity contribution is -0.143. The monoisotopic (exact) mass is 162 g/mol. The summed E-state index contributed by atoms with van der Waals surface area (Å²) in [5, 5.41) is 10.3. The Morgan fingerprint density at radius 2 is 2.18 bits per heavy atom. The third kappa shape index (κ3) is 6.75. The Balaban J connectivity index is 3.14. The zero-order chi connectivity index (χ0) is 8.69. The molecule has 11 heavy (non-hydrogen) atoms. The van der Waals surface area contributed by atoms with Gasteiger partial charge in [-0.1, -0.05) is 0 Å². The minimum Gasteiger partial charge on any atom is -0.480 e. The van der Waals surface area contributed by atoms with Gasteiger partial charge in [-0.15, -0.1) is 0 Å². The number of nitrogens with two attached hydrogens (primary N) is 1. The minimum absolute atomic E-state index is 0.123. The SMILES string of the molecule is NCC(=O)NCOCC(=O)O. The molecule has 0 aliphatic heterocycles. The molecule has 0 aromatic rings. The summed E-state index contributed by atoms with van der Waals surface area (Å²) in [7, 11) is 0. The average molecular weight is 162 g/mol. The number of amides is 1. The Morgan fingerprint density at radius 1 is 1.55 bits per heavy atom. The van der Waals surface area contributed by atoms with E-state index in [2.05, 4.69) is 10.1 Å². The number of carbonyl (C=O) groups is 2. The Bertz CT molecular complexity index is 147. The van der Waals surface area contributed by atoms with Gasteiger partial charge in [0.05, 0.1) is 6.54 Å². The standard InChI is InChI=1S/C5H10N2O4/c6-1-4(8)7-3-11-2-5(9)10/h1-3,6H2,(H,7,8)(H,9,10). The van der Waals surface area contributed by atoms with Gasteiger partial charge in [0, 0.05) is 0 Å². The van der Waals surface area contributed by atoms with E-state index in [1.807, 2.05) is 0 Å². The van der Waals surface area contributed by atoms with Crippen molar-refractivity contribution in [3.8, 4) is 0 Å². The van der Waals surface area contributed by atoms with Crippen LogP contribution in [0.25, 0.3) is 0 Å². The summed E-state index contributed by atoms with van der Waals surface area (Å²) < 4.78 is 4.48. The lowest BCUT2D eigenvalue weighted by atomic mass is 10.6. The van der Waals surface area contributed by atoms with E-state index < -0.39 is 12.6 Å². The van der Waals surface area contributed by atoms with Gasteiger partial charge in [-0.25, -0.2) is 4.79 Å². The smallest absolute Gasteiger partial charge is 0.329 e. The first-order chi connectivity index (χ1) is 5.16. The van der Waals surface area contributed by atoms with Crippen molar-refractivity contribution in [2.45, 2.75) is 0 Å². The van der Waals surface area contributed by atoms with Gasteiger partial charge in [-0.05, 0) is 0 Å². The highest BCUT2D eigenvalue weighted by Crippen LogP contribution is 1.70. The van der Waals surface area contributed by atoms with Gasteiger partial charge in [0.15, 0.2) is 0 Å². The Morgan fingerprint density at radius 3 is 2.64 bits per heavy atom. The summed E-state index contributed by atoms with van der Waals surface area (Å²) in [5.74, 6) is -1.46. The fraction of sp³-hybridized carbons (Fsp3) is 0.600. The number of carbonyl (C=O) groups excluding carboxylic acids is 1. The lowest BCUT2D eigenvalue weighted by Gasteiger charge is -2.01. The largest absolute Gasteiger partial charge is 0.480 e. The molecule has 1 amide bonds. The summed E-state index contributed by atoms with van der Waals surface area (Å²) >= 11 is 0. The van der Waals surface area contributed by atoms with E-state index in [0.29, 0.717) is 0 Å². The molecule has 0 saturated carbocycles. The molecule has 0 bridgehead atoms. The topological polar surface area (TPSA) is 102 Å². The molecule has 0 rings (SSSR count). The maximum absolute atomic E-state index is 10.4. The zero-order valence-corrected chi connectivity index (χ0v) is 5.87. The molecule has 0 heterocycles. The molecule has 0 spiro atoms. The summed E-state index contributed by atoms with van der Waals surface area (Å²) in [6.07, 6.45) is 0.